The molecule has 418 valence electrons. The van der Waals surface area contributed by atoms with Crippen LogP contribution in [0.25, 0.3) is 10.9 Å². The zero-order valence-corrected chi connectivity index (χ0v) is 43.6. The summed E-state index contributed by atoms with van der Waals surface area (Å²) in [6.07, 6.45) is 2.96. The molecule has 3 aromatic carbocycles. The number of nitrogens with zero attached hydrogens (tertiary/aromatic N) is 3. The number of amides is 8. The molecule has 3 heterocycles. The highest BCUT2D eigenvalue weighted by Crippen LogP contribution is 2.30. The van der Waals surface area contributed by atoms with Gasteiger partial charge in [-0.05, 0) is 79.0 Å². The van der Waals surface area contributed by atoms with E-state index >= 15 is 9.59 Å². The number of aromatic amines is 1. The number of H-pyrrole nitrogens is 1. The number of guanidine groups is 1. The average molecular weight is 1080 g/mol. The lowest BCUT2D eigenvalue weighted by molar-refractivity contribution is -0.154. The summed E-state index contributed by atoms with van der Waals surface area (Å²) in [5.74, 6) is -7.74. The quantitative estimate of drug-likeness (QED) is 0.0220. The van der Waals surface area contributed by atoms with E-state index in [9.17, 15) is 43.8 Å². The number of rotatable bonds is 27. The number of nitrogens with two attached hydrogens (primary N) is 4. The molecule has 1 aromatic heterocycles. The highest BCUT2D eigenvalue weighted by atomic mass is 16.4. The second-order valence-electron chi connectivity index (χ2n) is 19.6. The van der Waals surface area contributed by atoms with Gasteiger partial charge in [0.2, 0.25) is 35.4 Å². The van der Waals surface area contributed by atoms with Gasteiger partial charge >= 0.3 is 18.0 Å². The van der Waals surface area contributed by atoms with Gasteiger partial charge in [-0.2, -0.15) is 0 Å². The lowest BCUT2D eigenvalue weighted by Gasteiger charge is -2.43. The topological polar surface area (TPSA) is 393 Å². The number of carboxylic acid groups (broad SMARTS) is 2. The third-order valence-corrected chi connectivity index (χ3v) is 14.0. The number of carboxylic acids is 2. The minimum atomic E-state index is -1.71. The summed E-state index contributed by atoms with van der Waals surface area (Å²) in [7, 11) is 0. The number of nitrogens with one attached hydrogen (secondary N) is 6. The molecule has 0 bridgehead atoms. The number of urea groups is 1. The van der Waals surface area contributed by atoms with E-state index in [-0.39, 0.29) is 70.5 Å². The molecule has 4 aromatic rings. The molecule has 16 N–H and O–H groups in total. The van der Waals surface area contributed by atoms with Crippen LogP contribution in [0, 0.1) is 0 Å². The van der Waals surface area contributed by atoms with E-state index in [1.165, 1.54) is 9.80 Å². The van der Waals surface area contributed by atoms with Crippen LogP contribution >= 0.6 is 0 Å². The van der Waals surface area contributed by atoms with Crippen molar-refractivity contribution in [3.63, 3.8) is 0 Å². The number of aromatic nitrogens is 1. The summed E-state index contributed by atoms with van der Waals surface area (Å²) in [4.78, 5) is 134. The first-order valence-electron chi connectivity index (χ1n) is 26.2. The van der Waals surface area contributed by atoms with Gasteiger partial charge < -0.3 is 74.5 Å². The van der Waals surface area contributed by atoms with Crippen LogP contribution in [-0.2, 0) is 70.7 Å². The molecule has 0 aliphatic carbocycles. The number of fused-ring (bicyclic) bond motifs is 3. The molecular weight excluding hydrogens is 1010 g/mol. The zero-order valence-electron chi connectivity index (χ0n) is 43.6. The van der Waals surface area contributed by atoms with Crippen molar-refractivity contribution >= 4 is 70.3 Å². The van der Waals surface area contributed by atoms with Gasteiger partial charge in [0.1, 0.15) is 42.3 Å². The highest BCUT2D eigenvalue weighted by Gasteiger charge is 2.45. The Kier molecular flexibility index (Phi) is 21.1. The van der Waals surface area contributed by atoms with Crippen LogP contribution in [0.4, 0.5) is 4.79 Å². The highest BCUT2D eigenvalue weighted by molar-refractivity contribution is 5.99. The third kappa shape index (κ3) is 15.8. The molecular formula is C54H71N13O11. The Morgan fingerprint density at radius 1 is 0.641 bits per heavy atom. The van der Waals surface area contributed by atoms with Crippen LogP contribution in [-0.4, -0.2) is 140 Å². The number of hydrogen-bond donors (Lipinski definition) is 12. The zero-order chi connectivity index (χ0) is 56.5. The van der Waals surface area contributed by atoms with Crippen LogP contribution in [0.1, 0.15) is 92.5 Å². The number of carbonyl (C=O) groups excluding carboxylic acids is 7. The van der Waals surface area contributed by atoms with E-state index in [2.05, 4.69) is 36.6 Å². The number of carbonyl (C=O) groups is 9. The summed E-state index contributed by atoms with van der Waals surface area (Å²) < 4.78 is 0. The molecule has 78 heavy (non-hydrogen) atoms. The van der Waals surface area contributed by atoms with Crippen LogP contribution in [0.3, 0.4) is 0 Å². The van der Waals surface area contributed by atoms with Gasteiger partial charge in [-0.25, -0.2) is 9.59 Å². The standard InChI is InChI=1S/C54H71N13O11/c1-2-3-18-39(65-54(58)78)47(71)64-42(27-45(68)69)50(74)67-30-34-16-7-5-14-32(34)26-44(67)51(75)66-29-33-15-6-4-13-31(33)25-43(66)49(73)61-38(21-12-23-59-53(56)57)46(70)63-41(24-35-28-60-37-19-9-8-17-36(35)37)48(72)62-40(52(76)77)20-10-11-22-55/h4-9,13-17,19,28,38-44,60H,2-3,10-12,18,20-27,29-30,55H2,1H3,(H,61,73)(H,62,72)(H,63,70)(H,64,71)(H,68,69)(H,76,77)(H4,56,57,59)(H3,58,65,78)/t38-,39-,40-,41-,42-,43+,44-/m0/s1. The summed E-state index contributed by atoms with van der Waals surface area (Å²) >= 11 is 0. The molecule has 8 amide bonds. The number of primary amides is 1. The first kappa shape index (κ1) is 58.7. The Morgan fingerprint density at radius 2 is 1.19 bits per heavy atom. The molecule has 0 unspecified atom stereocenters. The van der Waals surface area contributed by atoms with E-state index < -0.39 is 102 Å². The van der Waals surface area contributed by atoms with Gasteiger partial charge in [0.15, 0.2) is 5.96 Å². The SMILES string of the molecule is CCCC[C@H](NC(N)=O)C(=O)N[C@@H](CC(=O)O)C(=O)N1Cc2ccccc2C[C@H]1C(=O)N1Cc2ccccc2C[C@@H]1C(=O)N[C@@H](CCCN=C(N)N)C(=O)N[C@@H](Cc1c[nH]c2ccccc12)C(=O)N[C@@H](CCCCN)C(=O)O. The summed E-state index contributed by atoms with van der Waals surface area (Å²) in [6.45, 7) is 1.93. The monoisotopic (exact) mass is 1080 g/mol. The molecule has 0 saturated heterocycles. The van der Waals surface area contributed by atoms with E-state index in [4.69, 9.17) is 22.9 Å². The maximum absolute atomic E-state index is 15.5. The minimum absolute atomic E-state index is 0.0383. The van der Waals surface area contributed by atoms with E-state index in [1.807, 2.05) is 25.1 Å². The van der Waals surface area contributed by atoms with Crippen molar-refractivity contribution in [3.8, 4) is 0 Å². The fourth-order valence-electron chi connectivity index (χ4n) is 9.92. The van der Waals surface area contributed by atoms with E-state index in [0.29, 0.717) is 54.5 Å². The number of aliphatic imine (C=N–C) groups is 1. The maximum atomic E-state index is 15.5. The number of para-hydroxylation sites is 1. The largest absolute Gasteiger partial charge is 0.481 e. The second-order valence-corrected chi connectivity index (χ2v) is 19.6. The van der Waals surface area contributed by atoms with Gasteiger partial charge in [-0.15, -0.1) is 0 Å². The van der Waals surface area contributed by atoms with Crippen molar-refractivity contribution in [2.24, 2.45) is 27.9 Å². The van der Waals surface area contributed by atoms with Crippen LogP contribution in [0.15, 0.2) is 84.0 Å². The molecule has 6 rings (SSSR count). The predicted octanol–water partition coefficient (Wildman–Crippen LogP) is 0.526. The van der Waals surface area contributed by atoms with E-state index in [0.717, 1.165) is 16.5 Å². The Balaban J connectivity index is 1.33. The number of aliphatic carboxylic acids is 2. The molecule has 24 heteroatoms. The fourth-order valence-corrected chi connectivity index (χ4v) is 9.92. The summed E-state index contributed by atoms with van der Waals surface area (Å²) in [6, 6.07) is 10.9. The Morgan fingerprint density at radius 3 is 1.81 bits per heavy atom. The molecule has 24 nitrogen and oxygen atoms in total. The molecule has 7 atom stereocenters. The third-order valence-electron chi connectivity index (χ3n) is 14.0. The normalized spacial score (nSPS) is 16.6. The molecule has 2 aliphatic rings. The molecule has 0 radical (unpaired) electrons. The minimum Gasteiger partial charge on any atom is -0.481 e. The maximum Gasteiger partial charge on any atom is 0.326 e. The van der Waals surface area contributed by atoms with E-state index in [1.54, 1.807) is 60.8 Å². The van der Waals surface area contributed by atoms with Crippen molar-refractivity contribution in [1.82, 2.24) is 41.4 Å². The van der Waals surface area contributed by atoms with Gasteiger partial charge in [-0.3, -0.25) is 38.6 Å². The smallest absolute Gasteiger partial charge is 0.326 e. The van der Waals surface area contributed by atoms with Gasteiger partial charge in [0.25, 0.3) is 0 Å². The first-order chi connectivity index (χ1) is 37.4. The first-order valence-corrected chi connectivity index (χ1v) is 26.2. The Labute approximate surface area is 450 Å². The van der Waals surface area contributed by atoms with Crippen molar-refractivity contribution in [2.75, 3.05) is 13.1 Å². The van der Waals surface area contributed by atoms with Crippen LogP contribution < -0.4 is 49.5 Å². The Bertz CT molecular complexity index is 2850. The van der Waals surface area contributed by atoms with Crippen molar-refractivity contribution in [1.29, 1.82) is 0 Å². The molecule has 0 fully saturated rings. The van der Waals surface area contributed by atoms with Gasteiger partial charge in [0.05, 0.1) is 6.42 Å². The lowest BCUT2D eigenvalue weighted by Crippen LogP contribution is -2.63. The second kappa shape index (κ2) is 28.0. The fraction of sp³-hybridized carbons (Fsp3) is 0.444. The number of unbranched alkanes of at least 4 members (excludes halogenated alkanes) is 2. The lowest BCUT2D eigenvalue weighted by atomic mass is 9.89. The summed E-state index contributed by atoms with van der Waals surface area (Å²) in [5, 5.41) is 33.9. The van der Waals surface area contributed by atoms with Crippen molar-refractivity contribution < 1.29 is 53.4 Å². The molecule has 0 spiro atoms. The van der Waals surface area contributed by atoms with Crippen LogP contribution in [0.5, 0.6) is 0 Å². The Hall–Kier alpha value is -8.54. The summed E-state index contributed by atoms with van der Waals surface area (Å²) in [5.41, 5.74) is 26.4. The molecule has 0 saturated carbocycles. The average Bonchev–Trinajstić information content (AvgIpc) is 3.88. The van der Waals surface area contributed by atoms with Crippen LogP contribution in [0.2, 0.25) is 0 Å². The molecule has 2 aliphatic heterocycles. The predicted molar refractivity (Wildman–Crippen MR) is 287 cm³/mol. The van der Waals surface area contributed by atoms with Crippen molar-refractivity contribution in [2.45, 2.75) is 139 Å². The van der Waals surface area contributed by atoms with Crippen molar-refractivity contribution in [3.05, 3.63) is 107 Å². The number of hydrogen-bond acceptors (Lipinski definition) is 11. The van der Waals surface area contributed by atoms with Gasteiger partial charge in [0, 0.05) is 56.0 Å². The number of benzene rings is 3. The van der Waals surface area contributed by atoms with Gasteiger partial charge in [-0.1, -0.05) is 86.5 Å².